The highest BCUT2D eigenvalue weighted by molar-refractivity contribution is 6.15. The molecule has 1 aromatic carbocycles. The fourth-order valence-electron chi connectivity index (χ4n) is 4.27. The van der Waals surface area contributed by atoms with E-state index < -0.39 is 10.8 Å². The highest BCUT2D eigenvalue weighted by Crippen LogP contribution is 2.52. The molecule has 0 unspecified atom stereocenters. The Morgan fingerprint density at radius 1 is 1.11 bits per heavy atom. The number of nitrogens with zero attached hydrogens (tertiary/aromatic N) is 3. The molecular weight excluding hydrogens is 350 g/mol. The molecule has 0 fully saturated rings. The van der Waals surface area contributed by atoms with E-state index in [-0.39, 0.29) is 17.3 Å². The SMILES string of the molecule is CC1(C)C(=O)C(C#N)=C[C@]2(c3ccccc3)C(=O)N(c3cccnc3)CC=C12. The zero-order valence-electron chi connectivity index (χ0n) is 15.7. The molecule has 1 amide bonds. The predicted octanol–water partition coefficient (Wildman–Crippen LogP) is 3.35. The summed E-state index contributed by atoms with van der Waals surface area (Å²) in [5, 5.41) is 9.62. The second-order valence-corrected chi connectivity index (χ2v) is 7.54. The number of allylic oxidation sites excluding steroid dienone is 1. The molecule has 0 spiro atoms. The van der Waals surface area contributed by atoms with Crippen molar-refractivity contribution < 1.29 is 9.59 Å². The number of hydrogen-bond acceptors (Lipinski definition) is 4. The smallest absolute Gasteiger partial charge is 0.246 e. The van der Waals surface area contributed by atoms with Crippen LogP contribution in [-0.4, -0.2) is 23.2 Å². The van der Waals surface area contributed by atoms with Crippen molar-refractivity contribution in [2.24, 2.45) is 5.41 Å². The molecule has 2 heterocycles. The van der Waals surface area contributed by atoms with E-state index in [2.05, 4.69) is 4.98 Å². The summed E-state index contributed by atoms with van der Waals surface area (Å²) in [4.78, 5) is 32.6. The summed E-state index contributed by atoms with van der Waals surface area (Å²) >= 11 is 0. The first-order valence-electron chi connectivity index (χ1n) is 9.09. The number of pyridine rings is 1. The molecule has 1 aliphatic carbocycles. The van der Waals surface area contributed by atoms with Gasteiger partial charge in [-0.15, -0.1) is 0 Å². The average molecular weight is 369 g/mol. The number of fused-ring (bicyclic) bond motifs is 1. The predicted molar refractivity (Wildman–Crippen MR) is 105 cm³/mol. The van der Waals surface area contributed by atoms with Gasteiger partial charge < -0.3 is 4.90 Å². The van der Waals surface area contributed by atoms with Crippen molar-refractivity contribution in [2.45, 2.75) is 19.3 Å². The van der Waals surface area contributed by atoms with Crippen LogP contribution in [0, 0.1) is 16.7 Å². The molecule has 1 aliphatic heterocycles. The topological polar surface area (TPSA) is 74.1 Å². The lowest BCUT2D eigenvalue weighted by Gasteiger charge is -2.48. The summed E-state index contributed by atoms with van der Waals surface area (Å²) in [6.45, 7) is 3.92. The van der Waals surface area contributed by atoms with E-state index >= 15 is 0 Å². The zero-order valence-corrected chi connectivity index (χ0v) is 15.7. The van der Waals surface area contributed by atoms with Crippen LogP contribution in [0.25, 0.3) is 0 Å². The van der Waals surface area contributed by atoms with Crippen molar-refractivity contribution in [2.75, 3.05) is 11.4 Å². The minimum Gasteiger partial charge on any atom is -0.306 e. The molecule has 2 aromatic rings. The number of aromatic nitrogens is 1. The molecule has 5 heteroatoms. The summed E-state index contributed by atoms with van der Waals surface area (Å²) in [5.74, 6) is -0.437. The second kappa shape index (κ2) is 6.28. The Bertz CT molecular complexity index is 1060. The number of Topliss-reactive ketones (excluding diaryl/α,β-unsaturated/α-hetero) is 1. The fraction of sp³-hybridized carbons (Fsp3) is 0.217. The zero-order chi connectivity index (χ0) is 19.9. The van der Waals surface area contributed by atoms with Gasteiger partial charge in [0.05, 0.1) is 22.9 Å². The van der Waals surface area contributed by atoms with Crippen LogP contribution in [0.4, 0.5) is 5.69 Å². The maximum atomic E-state index is 13.9. The monoisotopic (exact) mass is 369 g/mol. The molecule has 0 saturated carbocycles. The van der Waals surface area contributed by atoms with Crippen LogP contribution < -0.4 is 4.90 Å². The largest absolute Gasteiger partial charge is 0.306 e. The molecule has 4 rings (SSSR count). The van der Waals surface area contributed by atoms with Gasteiger partial charge in [0.2, 0.25) is 5.91 Å². The van der Waals surface area contributed by atoms with Crippen molar-refractivity contribution in [3.05, 3.63) is 83.7 Å². The van der Waals surface area contributed by atoms with Crippen molar-refractivity contribution in [1.82, 2.24) is 4.98 Å². The molecule has 0 saturated heterocycles. The van der Waals surface area contributed by atoms with Crippen molar-refractivity contribution >= 4 is 17.4 Å². The fourth-order valence-corrected chi connectivity index (χ4v) is 4.27. The number of rotatable bonds is 2. The quantitative estimate of drug-likeness (QED) is 0.761. The number of ketones is 1. The van der Waals surface area contributed by atoms with Crippen molar-refractivity contribution in [3.8, 4) is 6.07 Å². The van der Waals surface area contributed by atoms with E-state index in [0.29, 0.717) is 12.2 Å². The number of carbonyl (C=O) groups excluding carboxylic acids is 2. The van der Waals surface area contributed by atoms with Gasteiger partial charge in [-0.25, -0.2) is 0 Å². The lowest BCUT2D eigenvalue weighted by Crippen LogP contribution is -2.56. The van der Waals surface area contributed by atoms with Gasteiger partial charge in [0.25, 0.3) is 0 Å². The molecular formula is C23H19N3O2. The normalized spacial score (nSPS) is 23.4. The Hall–Kier alpha value is -3.52. The molecule has 138 valence electrons. The lowest BCUT2D eigenvalue weighted by atomic mass is 9.56. The van der Waals surface area contributed by atoms with Crippen LogP contribution >= 0.6 is 0 Å². The first kappa shape index (κ1) is 17.9. The van der Waals surface area contributed by atoms with Gasteiger partial charge >= 0.3 is 0 Å². The molecule has 0 radical (unpaired) electrons. The van der Waals surface area contributed by atoms with Crippen LogP contribution in [0.3, 0.4) is 0 Å². The Morgan fingerprint density at radius 2 is 1.86 bits per heavy atom. The summed E-state index contributed by atoms with van der Waals surface area (Å²) in [6, 6.07) is 15.0. The van der Waals surface area contributed by atoms with Gasteiger partial charge in [-0.05, 0) is 43.2 Å². The first-order valence-corrected chi connectivity index (χ1v) is 9.09. The van der Waals surface area contributed by atoms with E-state index in [1.165, 1.54) is 0 Å². The van der Waals surface area contributed by atoms with E-state index in [0.717, 1.165) is 11.1 Å². The molecule has 1 atom stereocenters. The molecule has 2 aliphatic rings. The highest BCUT2D eigenvalue weighted by Gasteiger charge is 2.57. The Balaban J connectivity index is 2.03. The number of benzene rings is 1. The number of hydrogen-bond donors (Lipinski definition) is 0. The number of amides is 1. The third-order valence-electron chi connectivity index (χ3n) is 5.64. The first-order chi connectivity index (χ1) is 13.4. The molecule has 0 bridgehead atoms. The Labute approximate surface area is 163 Å². The maximum absolute atomic E-state index is 13.9. The van der Waals surface area contributed by atoms with Crippen LogP contribution in [0.15, 0.2) is 78.2 Å². The Morgan fingerprint density at radius 3 is 2.50 bits per heavy atom. The van der Waals surface area contributed by atoms with Gasteiger partial charge in [-0.2, -0.15) is 5.26 Å². The van der Waals surface area contributed by atoms with Gasteiger partial charge in [0.1, 0.15) is 11.5 Å². The molecule has 28 heavy (non-hydrogen) atoms. The van der Waals surface area contributed by atoms with Crippen LogP contribution in [0.1, 0.15) is 19.4 Å². The standard InChI is InChI=1S/C23H19N3O2/c1-22(2)19-10-12-26(18-9-6-11-25-15-18)21(28)23(19,13-16(14-24)20(22)27)17-7-4-3-5-8-17/h3-11,13,15H,12H2,1-2H3/t23-/m1/s1. The lowest BCUT2D eigenvalue weighted by molar-refractivity contribution is -0.125. The van der Waals surface area contributed by atoms with Gasteiger partial charge in [-0.3, -0.25) is 14.6 Å². The third kappa shape index (κ3) is 2.35. The maximum Gasteiger partial charge on any atom is 0.246 e. The number of carbonyl (C=O) groups is 2. The van der Waals surface area contributed by atoms with Crippen LogP contribution in [0.2, 0.25) is 0 Å². The molecule has 5 nitrogen and oxygen atoms in total. The van der Waals surface area contributed by atoms with Crippen molar-refractivity contribution in [3.63, 3.8) is 0 Å². The van der Waals surface area contributed by atoms with Gasteiger partial charge in [-0.1, -0.05) is 36.4 Å². The van der Waals surface area contributed by atoms with Crippen LogP contribution in [-0.2, 0) is 15.0 Å². The minimum absolute atomic E-state index is 0.0207. The number of nitriles is 1. The third-order valence-corrected chi connectivity index (χ3v) is 5.64. The minimum atomic E-state index is -1.20. The van der Waals surface area contributed by atoms with E-state index in [1.807, 2.05) is 48.5 Å². The summed E-state index contributed by atoms with van der Waals surface area (Å²) in [7, 11) is 0. The molecule has 0 N–H and O–H groups in total. The van der Waals surface area contributed by atoms with E-state index in [4.69, 9.17) is 0 Å². The highest BCUT2D eigenvalue weighted by atomic mass is 16.2. The Kier molecular flexibility index (Phi) is 4.01. The van der Waals surface area contributed by atoms with Crippen molar-refractivity contribution in [1.29, 1.82) is 5.26 Å². The van der Waals surface area contributed by atoms with Gasteiger partial charge in [0.15, 0.2) is 5.78 Å². The number of anilines is 1. The van der Waals surface area contributed by atoms with Gasteiger partial charge in [0, 0.05) is 12.7 Å². The summed E-state index contributed by atoms with van der Waals surface area (Å²) in [6.07, 6.45) is 6.79. The second-order valence-electron chi connectivity index (χ2n) is 7.54. The van der Waals surface area contributed by atoms with E-state index in [1.54, 1.807) is 43.3 Å². The van der Waals surface area contributed by atoms with Crippen LogP contribution in [0.5, 0.6) is 0 Å². The van der Waals surface area contributed by atoms with E-state index in [9.17, 15) is 14.9 Å². The summed E-state index contributed by atoms with van der Waals surface area (Å²) < 4.78 is 0. The molecule has 1 aromatic heterocycles. The summed E-state index contributed by atoms with van der Waals surface area (Å²) in [5.41, 5.74) is 0.0186. The average Bonchev–Trinajstić information content (AvgIpc) is 2.73.